The highest BCUT2D eigenvalue weighted by Gasteiger charge is 2.40. The highest BCUT2D eigenvalue weighted by molar-refractivity contribution is 7.98. The number of methoxy groups -OCH3 is 2. The van der Waals surface area contributed by atoms with E-state index in [4.69, 9.17) is 19.3 Å². The third-order valence-corrected chi connectivity index (χ3v) is 6.56. The van der Waals surface area contributed by atoms with Crippen LogP contribution in [0.1, 0.15) is 35.4 Å². The van der Waals surface area contributed by atoms with E-state index in [0.29, 0.717) is 11.5 Å². The smallest absolute Gasteiger partial charge is 0.213 e. The van der Waals surface area contributed by atoms with Crippen LogP contribution < -0.4 is 14.2 Å². The van der Waals surface area contributed by atoms with Crippen LogP contribution in [0.3, 0.4) is 0 Å². The molecule has 5 rings (SSSR count). The molecule has 0 bridgehead atoms. The summed E-state index contributed by atoms with van der Waals surface area (Å²) in [6, 6.07) is 22.9. The van der Waals surface area contributed by atoms with Crippen LogP contribution in [0.4, 0.5) is 0 Å². The molecule has 0 saturated carbocycles. The lowest BCUT2D eigenvalue weighted by Crippen LogP contribution is -2.33. The Morgan fingerprint density at radius 3 is 2.48 bits per heavy atom. The first-order valence-corrected chi connectivity index (χ1v) is 11.4. The highest BCUT2D eigenvalue weighted by atomic mass is 32.2. The molecule has 31 heavy (non-hydrogen) atoms. The zero-order valence-corrected chi connectivity index (χ0v) is 18.6. The minimum absolute atomic E-state index is 0.123. The Labute approximate surface area is 186 Å². The van der Waals surface area contributed by atoms with E-state index in [1.165, 1.54) is 10.5 Å². The Morgan fingerprint density at radius 2 is 1.74 bits per heavy atom. The number of thioether (sulfide) groups is 1. The van der Waals surface area contributed by atoms with E-state index in [1.807, 2.05) is 30.3 Å². The van der Waals surface area contributed by atoms with Gasteiger partial charge in [0, 0.05) is 28.0 Å². The van der Waals surface area contributed by atoms with Gasteiger partial charge >= 0.3 is 0 Å². The first-order valence-electron chi connectivity index (χ1n) is 10.2. The topological polar surface area (TPSA) is 43.3 Å². The highest BCUT2D eigenvalue weighted by Crippen LogP contribution is 2.47. The second-order valence-corrected chi connectivity index (χ2v) is 8.38. The normalized spacial score (nSPS) is 19.2. The molecule has 0 radical (unpaired) electrons. The van der Waals surface area contributed by atoms with Gasteiger partial charge in [0.25, 0.3) is 0 Å². The molecule has 158 valence electrons. The lowest BCUT2D eigenvalue weighted by molar-refractivity contribution is -0.0190. The quantitative estimate of drug-likeness (QED) is 0.486. The van der Waals surface area contributed by atoms with E-state index in [2.05, 4.69) is 47.7 Å². The summed E-state index contributed by atoms with van der Waals surface area (Å²) in [7, 11) is 3.30. The third-order valence-electron chi connectivity index (χ3n) is 5.82. The van der Waals surface area contributed by atoms with Crippen LogP contribution in [-0.2, 0) is 0 Å². The molecule has 3 aromatic carbocycles. The summed E-state index contributed by atoms with van der Waals surface area (Å²) in [6.07, 6.45) is 2.61. The van der Waals surface area contributed by atoms with Gasteiger partial charge in [0.2, 0.25) is 6.23 Å². The zero-order valence-electron chi connectivity index (χ0n) is 17.7. The number of para-hydroxylation sites is 1. The Balaban J connectivity index is 1.55. The van der Waals surface area contributed by atoms with E-state index < -0.39 is 0 Å². The van der Waals surface area contributed by atoms with Crippen molar-refractivity contribution in [1.29, 1.82) is 0 Å². The Morgan fingerprint density at radius 1 is 0.968 bits per heavy atom. The summed E-state index contributed by atoms with van der Waals surface area (Å²) in [6.45, 7) is 0. The minimum atomic E-state index is -0.270. The van der Waals surface area contributed by atoms with Crippen LogP contribution in [0, 0.1) is 0 Å². The van der Waals surface area contributed by atoms with Gasteiger partial charge in [-0.05, 0) is 42.7 Å². The molecule has 3 aromatic rings. The minimum Gasteiger partial charge on any atom is -0.493 e. The molecule has 2 aliphatic heterocycles. The second-order valence-electron chi connectivity index (χ2n) is 7.50. The predicted octanol–water partition coefficient (Wildman–Crippen LogP) is 5.67. The van der Waals surface area contributed by atoms with Gasteiger partial charge in [-0.15, -0.1) is 11.8 Å². The van der Waals surface area contributed by atoms with Crippen molar-refractivity contribution in [3.63, 3.8) is 0 Å². The number of hydrazone groups is 1. The fourth-order valence-electron chi connectivity index (χ4n) is 4.21. The second kappa shape index (κ2) is 8.19. The van der Waals surface area contributed by atoms with E-state index in [-0.39, 0.29) is 12.3 Å². The van der Waals surface area contributed by atoms with Crippen LogP contribution in [0.25, 0.3) is 0 Å². The number of nitrogens with zero attached hydrogens (tertiary/aromatic N) is 2. The molecular weight excluding hydrogens is 408 g/mol. The van der Waals surface area contributed by atoms with Gasteiger partial charge in [0.1, 0.15) is 5.75 Å². The van der Waals surface area contributed by atoms with Crippen molar-refractivity contribution < 1.29 is 14.2 Å². The van der Waals surface area contributed by atoms with Crippen LogP contribution in [-0.4, -0.2) is 31.2 Å². The summed E-state index contributed by atoms with van der Waals surface area (Å²) < 4.78 is 17.3. The van der Waals surface area contributed by atoms with Crippen LogP contribution in [0.15, 0.2) is 76.7 Å². The standard InChI is InChI=1S/C25H24N2O3S/c1-28-23-13-10-17(14-24(23)29-2)20-15-21-19-6-4-5-7-22(19)30-25(27(21)26-20)16-8-11-18(31-3)12-9-16/h4-14,21,25H,15H2,1-3H3/t21-,25-/m0/s1. The number of fused-ring (bicyclic) bond motifs is 3. The fraction of sp³-hybridized carbons (Fsp3) is 0.240. The van der Waals surface area contributed by atoms with E-state index >= 15 is 0 Å². The van der Waals surface area contributed by atoms with Crippen molar-refractivity contribution in [2.45, 2.75) is 23.6 Å². The lowest BCUT2D eigenvalue weighted by Gasteiger charge is -2.38. The molecule has 0 aromatic heterocycles. The zero-order chi connectivity index (χ0) is 21.4. The third kappa shape index (κ3) is 3.51. The summed E-state index contributed by atoms with van der Waals surface area (Å²) in [4.78, 5) is 1.23. The molecule has 0 aliphatic carbocycles. The van der Waals surface area contributed by atoms with Crippen molar-refractivity contribution in [1.82, 2.24) is 5.01 Å². The Bertz CT molecular complexity index is 1130. The number of hydrogen-bond donors (Lipinski definition) is 0. The Hall–Kier alpha value is -3.12. The molecule has 5 nitrogen and oxygen atoms in total. The van der Waals surface area contributed by atoms with Gasteiger partial charge < -0.3 is 14.2 Å². The average molecular weight is 433 g/mol. The van der Waals surface area contributed by atoms with Gasteiger partial charge in [-0.3, -0.25) is 0 Å². The van der Waals surface area contributed by atoms with Gasteiger partial charge in [0.15, 0.2) is 11.5 Å². The molecule has 0 fully saturated rings. The van der Waals surface area contributed by atoms with E-state index in [1.54, 1.807) is 26.0 Å². The summed E-state index contributed by atoms with van der Waals surface area (Å²) in [5.41, 5.74) is 4.30. The van der Waals surface area contributed by atoms with Crippen molar-refractivity contribution in [3.05, 3.63) is 83.4 Å². The first-order chi connectivity index (χ1) is 15.2. The summed E-state index contributed by atoms with van der Waals surface area (Å²) in [5, 5.41) is 7.13. The fourth-order valence-corrected chi connectivity index (χ4v) is 4.62. The number of ether oxygens (including phenoxy) is 3. The molecule has 2 atom stereocenters. The number of hydrogen-bond acceptors (Lipinski definition) is 6. The largest absolute Gasteiger partial charge is 0.493 e. The summed E-state index contributed by atoms with van der Waals surface area (Å²) >= 11 is 1.73. The van der Waals surface area contributed by atoms with Gasteiger partial charge in [-0.25, -0.2) is 5.01 Å². The molecule has 0 N–H and O–H groups in total. The first kappa shape index (κ1) is 19.8. The van der Waals surface area contributed by atoms with Crippen molar-refractivity contribution >= 4 is 17.5 Å². The number of benzene rings is 3. The van der Waals surface area contributed by atoms with Crippen LogP contribution in [0.2, 0.25) is 0 Å². The lowest BCUT2D eigenvalue weighted by atomic mass is 9.96. The molecule has 0 amide bonds. The van der Waals surface area contributed by atoms with Crippen molar-refractivity contribution in [3.8, 4) is 17.2 Å². The van der Waals surface area contributed by atoms with Gasteiger partial charge in [0.05, 0.1) is 26.0 Å². The number of rotatable bonds is 5. The van der Waals surface area contributed by atoms with Crippen LogP contribution >= 0.6 is 11.8 Å². The van der Waals surface area contributed by atoms with E-state index in [0.717, 1.165) is 29.0 Å². The molecule has 6 heteroatoms. The molecule has 0 spiro atoms. The monoisotopic (exact) mass is 432 g/mol. The molecule has 0 saturated heterocycles. The van der Waals surface area contributed by atoms with Gasteiger partial charge in [-0.2, -0.15) is 5.10 Å². The maximum absolute atomic E-state index is 6.44. The van der Waals surface area contributed by atoms with Crippen LogP contribution in [0.5, 0.6) is 17.2 Å². The Kier molecular flexibility index (Phi) is 5.24. The van der Waals surface area contributed by atoms with Crippen molar-refractivity contribution in [2.24, 2.45) is 5.10 Å². The maximum atomic E-state index is 6.44. The van der Waals surface area contributed by atoms with Gasteiger partial charge in [-0.1, -0.05) is 30.3 Å². The van der Waals surface area contributed by atoms with Crippen molar-refractivity contribution in [2.75, 3.05) is 20.5 Å². The SMILES string of the molecule is COc1ccc(C2=NN3[C@@H](C2)c2ccccc2O[C@H]3c2ccc(SC)cc2)cc1OC. The predicted molar refractivity (Wildman–Crippen MR) is 123 cm³/mol. The molecular formula is C25H24N2O3S. The van der Waals surface area contributed by atoms with E-state index in [9.17, 15) is 0 Å². The average Bonchev–Trinajstić information content (AvgIpc) is 3.29. The molecule has 0 unspecified atom stereocenters. The summed E-state index contributed by atoms with van der Waals surface area (Å²) in [5.74, 6) is 2.34. The molecule has 2 heterocycles. The molecule has 2 aliphatic rings. The maximum Gasteiger partial charge on any atom is 0.213 e.